The van der Waals surface area contributed by atoms with E-state index in [0.717, 1.165) is 0 Å². The van der Waals surface area contributed by atoms with Crippen LogP contribution in [0.1, 0.15) is 19.8 Å². The van der Waals surface area contributed by atoms with Gasteiger partial charge in [-0.1, -0.05) is 0 Å². The van der Waals surface area contributed by atoms with E-state index < -0.39 is 5.67 Å². The highest BCUT2D eigenvalue weighted by Crippen LogP contribution is 2.41. The monoisotopic (exact) mass is 139 g/mol. The summed E-state index contributed by atoms with van der Waals surface area (Å²) in [5, 5.41) is 0. The zero-order chi connectivity index (χ0) is 5.49. The standard InChI is InChI=1S/C5H10FN.ClH/c1-4(7)5(6)2-3-5;/h4H,2-3,7H2,1H3;1H/t4-;/m1./s1. The van der Waals surface area contributed by atoms with Crippen molar-refractivity contribution < 1.29 is 4.39 Å². The molecular formula is C5H11ClFN. The molecule has 2 N–H and O–H groups in total. The van der Waals surface area contributed by atoms with E-state index in [9.17, 15) is 4.39 Å². The molecule has 0 saturated heterocycles. The van der Waals surface area contributed by atoms with Gasteiger partial charge in [-0.05, 0) is 19.8 Å². The van der Waals surface area contributed by atoms with Gasteiger partial charge in [-0.25, -0.2) is 4.39 Å². The number of hydrogen-bond donors (Lipinski definition) is 1. The zero-order valence-corrected chi connectivity index (χ0v) is 5.67. The predicted octanol–water partition coefficient (Wildman–Crippen LogP) is 1.26. The van der Waals surface area contributed by atoms with E-state index in [2.05, 4.69) is 0 Å². The average Bonchev–Trinajstić information content (AvgIpc) is 2.21. The molecule has 1 fully saturated rings. The number of hydrogen-bond acceptors (Lipinski definition) is 1. The fraction of sp³-hybridized carbons (Fsp3) is 1.00. The van der Waals surface area contributed by atoms with Crippen LogP contribution in [0.25, 0.3) is 0 Å². The summed E-state index contributed by atoms with van der Waals surface area (Å²) in [6.07, 6.45) is 1.34. The van der Waals surface area contributed by atoms with Gasteiger partial charge >= 0.3 is 0 Å². The Kier molecular flexibility index (Phi) is 2.24. The molecule has 0 aromatic heterocycles. The van der Waals surface area contributed by atoms with Crippen molar-refractivity contribution in [3.8, 4) is 0 Å². The number of rotatable bonds is 1. The molecule has 50 valence electrons. The maximum Gasteiger partial charge on any atom is 0.126 e. The van der Waals surface area contributed by atoms with Gasteiger partial charge < -0.3 is 5.73 Å². The molecule has 1 rings (SSSR count). The number of alkyl halides is 1. The van der Waals surface area contributed by atoms with E-state index in [-0.39, 0.29) is 18.4 Å². The summed E-state index contributed by atoms with van der Waals surface area (Å²) >= 11 is 0. The Bertz CT molecular complexity index is 80.5. The van der Waals surface area contributed by atoms with Gasteiger partial charge in [0.05, 0.1) is 0 Å². The minimum absolute atomic E-state index is 0. The summed E-state index contributed by atoms with van der Waals surface area (Å²) in [5.41, 5.74) is 4.28. The Morgan fingerprint density at radius 3 is 2.00 bits per heavy atom. The van der Waals surface area contributed by atoms with Crippen molar-refractivity contribution in [3.05, 3.63) is 0 Å². The minimum Gasteiger partial charge on any atom is -0.325 e. The van der Waals surface area contributed by atoms with Gasteiger partial charge in [-0.15, -0.1) is 12.4 Å². The highest BCUT2D eigenvalue weighted by molar-refractivity contribution is 5.85. The quantitative estimate of drug-likeness (QED) is 0.582. The fourth-order valence-corrected chi connectivity index (χ4v) is 0.575. The molecule has 0 amide bonds. The Morgan fingerprint density at radius 2 is 2.00 bits per heavy atom. The number of halogens is 2. The third-order valence-corrected chi connectivity index (χ3v) is 1.54. The maximum atomic E-state index is 12.5. The van der Waals surface area contributed by atoms with Crippen LogP contribution in [0.3, 0.4) is 0 Å². The van der Waals surface area contributed by atoms with E-state index in [4.69, 9.17) is 5.73 Å². The lowest BCUT2D eigenvalue weighted by atomic mass is 10.2. The van der Waals surface area contributed by atoms with E-state index >= 15 is 0 Å². The van der Waals surface area contributed by atoms with Crippen LogP contribution in [0.2, 0.25) is 0 Å². The van der Waals surface area contributed by atoms with Gasteiger partial charge in [0.1, 0.15) is 5.67 Å². The van der Waals surface area contributed by atoms with Crippen molar-refractivity contribution in [1.29, 1.82) is 0 Å². The Balaban J connectivity index is 0.000000490. The third-order valence-electron chi connectivity index (χ3n) is 1.54. The molecule has 0 aromatic rings. The summed E-state index contributed by atoms with van der Waals surface area (Å²) in [6, 6.07) is -0.257. The van der Waals surface area contributed by atoms with Gasteiger partial charge in [0, 0.05) is 6.04 Å². The molecule has 0 heterocycles. The second kappa shape index (κ2) is 2.19. The van der Waals surface area contributed by atoms with Gasteiger partial charge in [-0.3, -0.25) is 0 Å². The zero-order valence-electron chi connectivity index (χ0n) is 4.86. The Hall–Kier alpha value is 0.180. The molecule has 0 bridgehead atoms. The first-order valence-corrected chi connectivity index (χ1v) is 2.60. The lowest BCUT2D eigenvalue weighted by Gasteiger charge is -2.06. The van der Waals surface area contributed by atoms with Gasteiger partial charge in [0.15, 0.2) is 0 Å². The van der Waals surface area contributed by atoms with Crippen molar-refractivity contribution in [2.24, 2.45) is 5.73 Å². The van der Waals surface area contributed by atoms with E-state index in [1.165, 1.54) is 0 Å². The first-order chi connectivity index (χ1) is 3.15. The summed E-state index contributed by atoms with van der Waals surface area (Å²) in [4.78, 5) is 0. The molecule has 8 heavy (non-hydrogen) atoms. The Labute approximate surface area is 54.9 Å². The van der Waals surface area contributed by atoms with Crippen molar-refractivity contribution in [2.75, 3.05) is 0 Å². The van der Waals surface area contributed by atoms with Crippen LogP contribution in [0, 0.1) is 0 Å². The first-order valence-electron chi connectivity index (χ1n) is 2.60. The molecule has 0 radical (unpaired) electrons. The molecule has 1 atom stereocenters. The highest BCUT2D eigenvalue weighted by atomic mass is 35.5. The molecule has 0 aromatic carbocycles. The second-order valence-electron chi connectivity index (χ2n) is 2.32. The van der Waals surface area contributed by atoms with E-state index in [1.807, 2.05) is 0 Å². The van der Waals surface area contributed by atoms with Crippen LogP contribution < -0.4 is 5.73 Å². The van der Waals surface area contributed by atoms with Crippen molar-refractivity contribution in [1.82, 2.24) is 0 Å². The smallest absolute Gasteiger partial charge is 0.126 e. The molecule has 3 heteroatoms. The van der Waals surface area contributed by atoms with Crippen LogP contribution in [-0.4, -0.2) is 11.7 Å². The van der Waals surface area contributed by atoms with Crippen molar-refractivity contribution in [2.45, 2.75) is 31.5 Å². The average molecular weight is 140 g/mol. The summed E-state index contributed by atoms with van der Waals surface area (Å²) in [5.74, 6) is 0. The first kappa shape index (κ1) is 8.18. The second-order valence-corrected chi connectivity index (χ2v) is 2.32. The van der Waals surface area contributed by atoms with Gasteiger partial charge in [0.2, 0.25) is 0 Å². The predicted molar refractivity (Wildman–Crippen MR) is 34.0 cm³/mol. The highest BCUT2D eigenvalue weighted by Gasteiger charge is 2.46. The van der Waals surface area contributed by atoms with E-state index in [1.54, 1.807) is 6.92 Å². The fourth-order valence-electron chi connectivity index (χ4n) is 0.575. The third kappa shape index (κ3) is 1.33. The lowest BCUT2D eigenvalue weighted by Crippen LogP contribution is -2.29. The maximum absolute atomic E-state index is 12.5. The largest absolute Gasteiger partial charge is 0.325 e. The van der Waals surface area contributed by atoms with Crippen molar-refractivity contribution in [3.63, 3.8) is 0 Å². The topological polar surface area (TPSA) is 26.0 Å². The summed E-state index contributed by atoms with van der Waals surface area (Å²) in [7, 11) is 0. The van der Waals surface area contributed by atoms with Crippen LogP contribution in [-0.2, 0) is 0 Å². The van der Waals surface area contributed by atoms with E-state index in [0.29, 0.717) is 12.8 Å². The molecule has 0 aliphatic heterocycles. The van der Waals surface area contributed by atoms with Gasteiger partial charge in [-0.2, -0.15) is 0 Å². The molecule has 1 aliphatic carbocycles. The van der Waals surface area contributed by atoms with Crippen LogP contribution in [0.15, 0.2) is 0 Å². The molecule has 0 unspecified atom stereocenters. The summed E-state index contributed by atoms with van der Waals surface area (Å²) < 4.78 is 12.5. The normalized spacial score (nSPS) is 25.9. The lowest BCUT2D eigenvalue weighted by molar-refractivity contribution is 0.267. The molecule has 1 saturated carbocycles. The van der Waals surface area contributed by atoms with Crippen LogP contribution in [0.5, 0.6) is 0 Å². The Morgan fingerprint density at radius 1 is 1.62 bits per heavy atom. The molecule has 0 spiro atoms. The summed E-state index contributed by atoms with van der Waals surface area (Å²) in [6.45, 7) is 1.72. The molecule has 1 nitrogen and oxygen atoms in total. The molecule has 1 aliphatic rings. The van der Waals surface area contributed by atoms with Crippen molar-refractivity contribution >= 4 is 12.4 Å². The van der Waals surface area contributed by atoms with Crippen LogP contribution in [0.4, 0.5) is 4.39 Å². The SMILES string of the molecule is C[C@@H](N)C1(F)CC1.Cl. The minimum atomic E-state index is -0.972. The molecular weight excluding hydrogens is 129 g/mol. The number of nitrogens with two attached hydrogens (primary N) is 1. The van der Waals surface area contributed by atoms with Crippen LogP contribution >= 0.6 is 12.4 Å². The van der Waals surface area contributed by atoms with Gasteiger partial charge in [0.25, 0.3) is 0 Å².